The average Bonchev–Trinajstić information content (AvgIpc) is 3.41. The van der Waals surface area contributed by atoms with Gasteiger partial charge in [0.2, 0.25) is 5.82 Å². The van der Waals surface area contributed by atoms with Crippen molar-refractivity contribution in [2.45, 2.75) is 51.2 Å². The summed E-state index contributed by atoms with van der Waals surface area (Å²) in [5, 5.41) is 14.3. The van der Waals surface area contributed by atoms with Gasteiger partial charge in [-0.15, -0.1) is 0 Å². The second-order valence-electron chi connectivity index (χ2n) is 9.52. The second kappa shape index (κ2) is 8.69. The summed E-state index contributed by atoms with van der Waals surface area (Å²) in [4.78, 5) is 8.71. The molecule has 1 fully saturated rings. The molecule has 2 aromatic heterocycles. The lowest BCUT2D eigenvalue weighted by Gasteiger charge is -2.35. The van der Waals surface area contributed by atoms with Crippen LogP contribution in [0.4, 0.5) is 0 Å². The molecule has 0 bridgehead atoms. The molecule has 0 radical (unpaired) electrons. The van der Waals surface area contributed by atoms with Crippen molar-refractivity contribution in [3.8, 4) is 17.1 Å². The van der Waals surface area contributed by atoms with E-state index in [0.29, 0.717) is 37.1 Å². The Hall–Kier alpha value is -3.51. The molecular weight excluding hydrogens is 426 g/mol. The summed E-state index contributed by atoms with van der Waals surface area (Å²) >= 11 is 0. The quantitative estimate of drug-likeness (QED) is 0.370. The predicted molar refractivity (Wildman–Crippen MR) is 129 cm³/mol. The summed E-state index contributed by atoms with van der Waals surface area (Å²) in [7, 11) is 0. The molecule has 6 heteroatoms. The summed E-state index contributed by atoms with van der Waals surface area (Å²) in [5.41, 5.74) is 3.08. The summed E-state index contributed by atoms with van der Waals surface area (Å²) < 4.78 is 11.2. The number of aliphatic hydroxyl groups is 1. The third kappa shape index (κ3) is 4.21. The van der Waals surface area contributed by atoms with Crippen LogP contribution < -0.4 is 4.74 Å². The van der Waals surface area contributed by atoms with Gasteiger partial charge in [0, 0.05) is 17.2 Å². The molecule has 1 N–H and O–H groups in total. The van der Waals surface area contributed by atoms with E-state index < -0.39 is 5.60 Å². The van der Waals surface area contributed by atoms with Gasteiger partial charge in [-0.3, -0.25) is 4.98 Å². The third-order valence-corrected chi connectivity index (χ3v) is 7.01. The zero-order chi connectivity index (χ0) is 23.8. The topological polar surface area (TPSA) is 81.3 Å². The van der Waals surface area contributed by atoms with Crippen molar-refractivity contribution in [1.29, 1.82) is 0 Å². The smallest absolute Gasteiger partial charge is 0.258 e. The molecule has 1 unspecified atom stereocenters. The van der Waals surface area contributed by atoms with E-state index in [1.807, 2.05) is 42.5 Å². The van der Waals surface area contributed by atoms with Gasteiger partial charge in [-0.05, 0) is 54.2 Å². The first-order valence-electron chi connectivity index (χ1n) is 11.7. The molecule has 1 aliphatic rings. The van der Waals surface area contributed by atoms with Gasteiger partial charge in [-0.25, -0.2) is 0 Å². The largest absolute Gasteiger partial charge is 0.487 e. The standard InChI is InChI=1S/C28H29N3O3/c1-19(2)27(3,22-11-13-24(14-12-22)33-18-23-6-4-5-17-29-23)21-9-7-20(8-10-21)25-30-26(34-31-25)28(32)15-16-28/h4-14,17,19,32H,15-16,18H2,1-3H3. The van der Waals surface area contributed by atoms with Gasteiger partial charge in [-0.2, -0.15) is 4.98 Å². The van der Waals surface area contributed by atoms with Crippen molar-refractivity contribution in [2.24, 2.45) is 5.92 Å². The van der Waals surface area contributed by atoms with Crippen LogP contribution in [-0.2, 0) is 17.6 Å². The first kappa shape index (κ1) is 22.3. The van der Waals surface area contributed by atoms with Crippen molar-refractivity contribution in [2.75, 3.05) is 0 Å². The highest BCUT2D eigenvalue weighted by molar-refractivity contribution is 5.56. The number of aromatic nitrogens is 3. The molecular formula is C28H29N3O3. The third-order valence-electron chi connectivity index (χ3n) is 7.01. The van der Waals surface area contributed by atoms with Crippen molar-refractivity contribution in [3.05, 3.63) is 95.6 Å². The first-order valence-corrected chi connectivity index (χ1v) is 11.7. The van der Waals surface area contributed by atoms with Gasteiger partial charge >= 0.3 is 0 Å². The molecule has 1 atom stereocenters. The number of rotatable bonds is 8. The maximum absolute atomic E-state index is 10.2. The fourth-order valence-electron chi connectivity index (χ4n) is 4.20. The summed E-state index contributed by atoms with van der Waals surface area (Å²) in [5.74, 6) is 1.99. The first-order chi connectivity index (χ1) is 16.4. The Bertz CT molecular complexity index is 1250. The molecule has 174 valence electrons. The maximum atomic E-state index is 10.2. The molecule has 34 heavy (non-hydrogen) atoms. The van der Waals surface area contributed by atoms with Crippen molar-refractivity contribution in [1.82, 2.24) is 15.1 Å². The number of hydrogen-bond acceptors (Lipinski definition) is 6. The lowest BCUT2D eigenvalue weighted by molar-refractivity contribution is 0.108. The summed E-state index contributed by atoms with van der Waals surface area (Å²) in [6.07, 6.45) is 3.12. The number of nitrogens with zero attached hydrogens (tertiary/aromatic N) is 3. The van der Waals surface area contributed by atoms with Crippen molar-refractivity contribution in [3.63, 3.8) is 0 Å². The van der Waals surface area contributed by atoms with E-state index >= 15 is 0 Å². The molecule has 0 saturated heterocycles. The van der Waals surface area contributed by atoms with E-state index in [4.69, 9.17) is 9.26 Å². The number of hydrogen-bond donors (Lipinski definition) is 1. The van der Waals surface area contributed by atoms with Crippen molar-refractivity contribution < 1.29 is 14.4 Å². The predicted octanol–water partition coefficient (Wildman–Crippen LogP) is 5.65. The minimum absolute atomic E-state index is 0.191. The highest BCUT2D eigenvalue weighted by Gasteiger charge is 2.47. The number of benzene rings is 2. The Morgan fingerprint density at radius 2 is 1.68 bits per heavy atom. The number of ether oxygens (including phenoxy) is 1. The molecule has 1 saturated carbocycles. The Morgan fingerprint density at radius 3 is 2.26 bits per heavy atom. The Balaban J connectivity index is 1.35. The zero-order valence-corrected chi connectivity index (χ0v) is 19.7. The normalized spacial score (nSPS) is 16.3. The SMILES string of the molecule is CC(C)C(C)(c1ccc(OCc2ccccn2)cc1)c1ccc(-c2noc(C3(O)CC3)n2)cc1. The molecule has 1 aliphatic carbocycles. The van der Waals surface area contributed by atoms with Crippen LogP contribution >= 0.6 is 0 Å². The summed E-state index contributed by atoms with van der Waals surface area (Å²) in [6, 6.07) is 22.4. The zero-order valence-electron chi connectivity index (χ0n) is 19.7. The van der Waals surface area contributed by atoms with Crippen LogP contribution in [0.5, 0.6) is 5.75 Å². The highest BCUT2D eigenvalue weighted by Crippen LogP contribution is 2.45. The molecule has 0 amide bonds. The van der Waals surface area contributed by atoms with E-state index in [2.05, 4.69) is 60.2 Å². The van der Waals surface area contributed by atoms with Gasteiger partial charge in [0.15, 0.2) is 0 Å². The van der Waals surface area contributed by atoms with E-state index in [-0.39, 0.29) is 5.41 Å². The van der Waals surface area contributed by atoms with Crippen LogP contribution in [0.15, 0.2) is 77.4 Å². The minimum Gasteiger partial charge on any atom is -0.487 e. The highest BCUT2D eigenvalue weighted by atomic mass is 16.5. The monoisotopic (exact) mass is 455 g/mol. The van der Waals surface area contributed by atoms with Gasteiger partial charge < -0.3 is 14.4 Å². The van der Waals surface area contributed by atoms with Gasteiger partial charge in [-0.1, -0.05) is 68.4 Å². The minimum atomic E-state index is -0.922. The van der Waals surface area contributed by atoms with Crippen LogP contribution in [0.2, 0.25) is 0 Å². The van der Waals surface area contributed by atoms with Gasteiger partial charge in [0.05, 0.1) is 5.69 Å². The van der Waals surface area contributed by atoms with E-state index in [0.717, 1.165) is 17.0 Å². The van der Waals surface area contributed by atoms with E-state index in [1.54, 1.807) is 6.20 Å². The van der Waals surface area contributed by atoms with Gasteiger partial charge in [0.25, 0.3) is 5.89 Å². The summed E-state index contributed by atoms with van der Waals surface area (Å²) in [6.45, 7) is 7.19. The molecule has 2 aromatic carbocycles. The molecule has 0 spiro atoms. The number of pyridine rings is 1. The lowest BCUT2D eigenvalue weighted by Crippen LogP contribution is -2.30. The Morgan fingerprint density at radius 1 is 1.00 bits per heavy atom. The van der Waals surface area contributed by atoms with Crippen molar-refractivity contribution >= 4 is 0 Å². The molecule has 4 aromatic rings. The van der Waals surface area contributed by atoms with Crippen LogP contribution in [0.25, 0.3) is 11.4 Å². The lowest BCUT2D eigenvalue weighted by atomic mass is 9.68. The molecule has 2 heterocycles. The Labute approximate surface area is 199 Å². The van der Waals surface area contributed by atoms with E-state index in [1.165, 1.54) is 11.1 Å². The van der Waals surface area contributed by atoms with Gasteiger partial charge in [0.1, 0.15) is 18.0 Å². The van der Waals surface area contributed by atoms with Crippen LogP contribution in [0.3, 0.4) is 0 Å². The van der Waals surface area contributed by atoms with E-state index in [9.17, 15) is 5.11 Å². The Kier molecular flexibility index (Phi) is 5.70. The van der Waals surface area contributed by atoms with Crippen LogP contribution in [-0.4, -0.2) is 20.2 Å². The molecule has 5 rings (SSSR count). The fraction of sp³-hybridized carbons (Fsp3) is 0.321. The average molecular weight is 456 g/mol. The van der Waals surface area contributed by atoms with Crippen LogP contribution in [0, 0.1) is 5.92 Å². The second-order valence-corrected chi connectivity index (χ2v) is 9.52. The molecule has 6 nitrogen and oxygen atoms in total. The van der Waals surface area contributed by atoms with Crippen LogP contribution in [0.1, 0.15) is 56.3 Å². The fourth-order valence-corrected chi connectivity index (χ4v) is 4.20. The maximum Gasteiger partial charge on any atom is 0.258 e. The molecule has 0 aliphatic heterocycles.